The minimum absolute atomic E-state index is 0.199. The van der Waals surface area contributed by atoms with Crippen molar-refractivity contribution in [3.63, 3.8) is 0 Å². The molecule has 0 bridgehead atoms. The zero-order valence-electron chi connectivity index (χ0n) is 9.81. The smallest absolute Gasteiger partial charge is 0.123 e. The number of halogens is 1. The molecule has 0 aliphatic carbocycles. The summed E-state index contributed by atoms with van der Waals surface area (Å²) < 4.78 is 18.2. The summed E-state index contributed by atoms with van der Waals surface area (Å²) in [5.74, 6) is 0.431. The quantitative estimate of drug-likeness (QED) is 0.867. The molecule has 0 spiro atoms. The highest BCUT2D eigenvalue weighted by molar-refractivity contribution is 5.21. The van der Waals surface area contributed by atoms with Gasteiger partial charge in [-0.3, -0.25) is 4.90 Å². The van der Waals surface area contributed by atoms with Crippen molar-refractivity contribution in [3.05, 3.63) is 30.1 Å². The molecule has 1 atom stereocenters. The van der Waals surface area contributed by atoms with Crippen LogP contribution in [0.15, 0.2) is 24.3 Å². The summed E-state index contributed by atoms with van der Waals surface area (Å²) in [6, 6.07) is 6.03. The number of nitrogens with zero attached hydrogens (tertiary/aromatic N) is 1. The topological polar surface area (TPSA) is 32.7 Å². The first-order valence-electron chi connectivity index (χ1n) is 6.03. The predicted octanol–water partition coefficient (Wildman–Crippen LogP) is 1.66. The van der Waals surface area contributed by atoms with Crippen LogP contribution in [0.5, 0.6) is 5.75 Å². The maximum absolute atomic E-state index is 12.7. The molecule has 0 radical (unpaired) electrons. The Bertz CT molecular complexity index is 342. The number of piperidine rings is 1. The molecule has 1 N–H and O–H groups in total. The lowest BCUT2D eigenvalue weighted by Gasteiger charge is -2.29. The van der Waals surface area contributed by atoms with E-state index in [9.17, 15) is 9.50 Å². The zero-order valence-corrected chi connectivity index (χ0v) is 9.81. The van der Waals surface area contributed by atoms with Gasteiger partial charge in [0.2, 0.25) is 0 Å². The van der Waals surface area contributed by atoms with Crippen molar-refractivity contribution in [1.82, 2.24) is 4.90 Å². The number of rotatable bonds is 4. The third-order valence-electron chi connectivity index (χ3n) is 2.97. The monoisotopic (exact) mass is 239 g/mol. The van der Waals surface area contributed by atoms with Gasteiger partial charge in [-0.25, -0.2) is 4.39 Å². The van der Waals surface area contributed by atoms with Crippen molar-refractivity contribution in [1.29, 1.82) is 0 Å². The van der Waals surface area contributed by atoms with Crippen LogP contribution in [0.2, 0.25) is 0 Å². The zero-order chi connectivity index (χ0) is 12.1. The standard InChI is InChI=1S/C13H18FNO2/c14-11-3-5-13(6-4-11)17-9-8-15-7-1-2-12(16)10-15/h3-6,12,16H,1-2,7-10H2/t12-/m1/s1. The third-order valence-corrected chi connectivity index (χ3v) is 2.97. The Kier molecular flexibility index (Phi) is 4.34. The fourth-order valence-electron chi connectivity index (χ4n) is 2.06. The molecule has 1 aromatic rings. The fraction of sp³-hybridized carbons (Fsp3) is 0.538. The molecule has 1 heterocycles. The highest BCUT2D eigenvalue weighted by Gasteiger charge is 2.16. The van der Waals surface area contributed by atoms with E-state index >= 15 is 0 Å². The van der Waals surface area contributed by atoms with Gasteiger partial charge < -0.3 is 9.84 Å². The third kappa shape index (κ3) is 3.98. The number of β-amino-alcohol motifs (C(OH)–C–C–N with tert-alkyl or cyclic N) is 1. The Morgan fingerprint density at radius 2 is 2.12 bits per heavy atom. The number of aliphatic hydroxyl groups excluding tert-OH is 1. The Labute approximate surface area is 101 Å². The van der Waals surface area contributed by atoms with E-state index in [0.29, 0.717) is 12.4 Å². The Hall–Kier alpha value is -1.13. The van der Waals surface area contributed by atoms with Crippen molar-refractivity contribution in [2.75, 3.05) is 26.2 Å². The van der Waals surface area contributed by atoms with Crippen LogP contribution in [0.3, 0.4) is 0 Å². The number of ether oxygens (including phenoxy) is 1. The van der Waals surface area contributed by atoms with E-state index in [0.717, 1.165) is 32.5 Å². The SMILES string of the molecule is O[C@@H]1CCCN(CCOc2ccc(F)cc2)C1. The summed E-state index contributed by atoms with van der Waals surface area (Å²) >= 11 is 0. The lowest BCUT2D eigenvalue weighted by atomic mass is 10.1. The second kappa shape index (κ2) is 5.98. The minimum Gasteiger partial charge on any atom is -0.492 e. The molecular formula is C13H18FNO2. The van der Waals surface area contributed by atoms with Crippen LogP contribution in [0.25, 0.3) is 0 Å². The van der Waals surface area contributed by atoms with Gasteiger partial charge in [0, 0.05) is 13.1 Å². The van der Waals surface area contributed by atoms with E-state index < -0.39 is 0 Å². The van der Waals surface area contributed by atoms with Gasteiger partial charge in [-0.2, -0.15) is 0 Å². The van der Waals surface area contributed by atoms with Crippen LogP contribution in [0.4, 0.5) is 4.39 Å². The summed E-state index contributed by atoms with van der Waals surface area (Å²) in [6.45, 7) is 3.11. The van der Waals surface area contributed by atoms with Crippen LogP contribution in [-0.2, 0) is 0 Å². The molecule has 0 aromatic heterocycles. The molecule has 4 heteroatoms. The highest BCUT2D eigenvalue weighted by atomic mass is 19.1. The summed E-state index contributed by atoms with van der Waals surface area (Å²) in [5, 5.41) is 9.50. The van der Waals surface area contributed by atoms with Crippen LogP contribution in [0, 0.1) is 5.82 Å². The fourth-order valence-corrected chi connectivity index (χ4v) is 2.06. The van der Waals surface area contributed by atoms with Gasteiger partial charge in [0.05, 0.1) is 6.10 Å². The number of hydrogen-bond donors (Lipinski definition) is 1. The largest absolute Gasteiger partial charge is 0.492 e. The van der Waals surface area contributed by atoms with Gasteiger partial charge in [0.25, 0.3) is 0 Å². The van der Waals surface area contributed by atoms with Crippen LogP contribution >= 0.6 is 0 Å². The molecule has 0 amide bonds. The van der Waals surface area contributed by atoms with Gasteiger partial charge in [-0.15, -0.1) is 0 Å². The van der Waals surface area contributed by atoms with E-state index in [1.165, 1.54) is 12.1 Å². The van der Waals surface area contributed by atoms with Crippen molar-refractivity contribution in [2.24, 2.45) is 0 Å². The molecule has 1 saturated heterocycles. The molecule has 1 fully saturated rings. The predicted molar refractivity (Wildman–Crippen MR) is 63.6 cm³/mol. The summed E-state index contributed by atoms with van der Waals surface area (Å²) in [5.41, 5.74) is 0. The molecule has 17 heavy (non-hydrogen) atoms. The first-order valence-corrected chi connectivity index (χ1v) is 6.03. The van der Waals surface area contributed by atoms with Gasteiger partial charge >= 0.3 is 0 Å². The first kappa shape index (κ1) is 12.3. The van der Waals surface area contributed by atoms with Gasteiger partial charge in [0.15, 0.2) is 0 Å². The van der Waals surface area contributed by atoms with E-state index in [1.54, 1.807) is 12.1 Å². The van der Waals surface area contributed by atoms with Crippen molar-refractivity contribution in [3.8, 4) is 5.75 Å². The van der Waals surface area contributed by atoms with Crippen molar-refractivity contribution < 1.29 is 14.2 Å². The minimum atomic E-state index is -0.253. The number of benzene rings is 1. The summed E-state index contributed by atoms with van der Waals surface area (Å²) in [4.78, 5) is 2.19. The van der Waals surface area contributed by atoms with Crippen molar-refractivity contribution in [2.45, 2.75) is 18.9 Å². The molecule has 0 unspecified atom stereocenters. The summed E-state index contributed by atoms with van der Waals surface area (Å²) in [7, 11) is 0. The molecular weight excluding hydrogens is 221 g/mol. The first-order chi connectivity index (χ1) is 8.24. The number of likely N-dealkylation sites (tertiary alicyclic amines) is 1. The average molecular weight is 239 g/mol. The van der Waals surface area contributed by atoms with E-state index in [1.807, 2.05) is 0 Å². The van der Waals surface area contributed by atoms with Crippen LogP contribution in [0.1, 0.15) is 12.8 Å². The molecule has 3 nitrogen and oxygen atoms in total. The molecule has 0 saturated carbocycles. The Morgan fingerprint density at radius 3 is 2.82 bits per heavy atom. The van der Waals surface area contributed by atoms with E-state index in [4.69, 9.17) is 4.74 Å². The maximum atomic E-state index is 12.7. The number of hydrogen-bond acceptors (Lipinski definition) is 3. The normalized spacial score (nSPS) is 21.4. The van der Waals surface area contributed by atoms with Crippen LogP contribution in [-0.4, -0.2) is 42.4 Å². The maximum Gasteiger partial charge on any atom is 0.123 e. The van der Waals surface area contributed by atoms with E-state index in [2.05, 4.69) is 4.90 Å². The Morgan fingerprint density at radius 1 is 1.35 bits per heavy atom. The number of aliphatic hydroxyl groups is 1. The molecule has 94 valence electrons. The Balaban J connectivity index is 1.70. The lowest BCUT2D eigenvalue weighted by Crippen LogP contribution is -2.40. The summed E-state index contributed by atoms with van der Waals surface area (Å²) in [6.07, 6.45) is 1.74. The van der Waals surface area contributed by atoms with Crippen molar-refractivity contribution >= 4 is 0 Å². The molecule has 2 rings (SSSR count). The molecule has 1 aliphatic rings. The average Bonchev–Trinajstić information content (AvgIpc) is 2.32. The van der Waals surface area contributed by atoms with Gasteiger partial charge in [0.1, 0.15) is 18.2 Å². The van der Waals surface area contributed by atoms with Gasteiger partial charge in [-0.1, -0.05) is 0 Å². The molecule has 1 aromatic carbocycles. The lowest BCUT2D eigenvalue weighted by molar-refractivity contribution is 0.0633. The highest BCUT2D eigenvalue weighted by Crippen LogP contribution is 2.12. The molecule has 1 aliphatic heterocycles. The van der Waals surface area contributed by atoms with E-state index in [-0.39, 0.29) is 11.9 Å². The second-order valence-corrected chi connectivity index (χ2v) is 4.40. The second-order valence-electron chi connectivity index (χ2n) is 4.40. The van der Waals surface area contributed by atoms with Crippen LogP contribution < -0.4 is 4.74 Å². The van der Waals surface area contributed by atoms with Gasteiger partial charge in [-0.05, 0) is 43.7 Å².